The standard InChI is InChI=1S/C17H21FINO/c18-14-7-8-16(15(19)10-14)20-17(21)13-6-5-11-3-1-2-4-12(11)9-13/h7-8,10-13H,1-6,9H2,(H,20,21). The average Bonchev–Trinajstić information content (AvgIpc) is 2.49. The van der Waals surface area contributed by atoms with Gasteiger partial charge in [-0.15, -0.1) is 0 Å². The van der Waals surface area contributed by atoms with E-state index in [2.05, 4.69) is 27.9 Å². The molecule has 0 aromatic heterocycles. The van der Waals surface area contributed by atoms with E-state index in [0.717, 1.165) is 33.9 Å². The van der Waals surface area contributed by atoms with Crippen LogP contribution in [0.4, 0.5) is 10.1 Å². The van der Waals surface area contributed by atoms with Gasteiger partial charge in [0.15, 0.2) is 0 Å². The van der Waals surface area contributed by atoms with Gasteiger partial charge in [0, 0.05) is 9.49 Å². The number of halogens is 2. The molecular weight excluding hydrogens is 380 g/mol. The van der Waals surface area contributed by atoms with E-state index in [1.54, 1.807) is 6.07 Å². The lowest BCUT2D eigenvalue weighted by Gasteiger charge is -2.38. The minimum Gasteiger partial charge on any atom is -0.325 e. The zero-order valence-electron chi connectivity index (χ0n) is 12.1. The van der Waals surface area contributed by atoms with Crippen LogP contribution in [0.3, 0.4) is 0 Å². The van der Waals surface area contributed by atoms with E-state index in [9.17, 15) is 9.18 Å². The second-order valence-electron chi connectivity index (χ2n) is 6.43. The lowest BCUT2D eigenvalue weighted by atomic mass is 9.67. The summed E-state index contributed by atoms with van der Waals surface area (Å²) in [4.78, 5) is 12.5. The van der Waals surface area contributed by atoms with Gasteiger partial charge in [-0.05, 0) is 71.9 Å². The van der Waals surface area contributed by atoms with E-state index in [1.807, 2.05) is 0 Å². The van der Waals surface area contributed by atoms with E-state index < -0.39 is 0 Å². The number of amides is 1. The quantitative estimate of drug-likeness (QED) is 0.697. The Morgan fingerprint density at radius 1 is 1.14 bits per heavy atom. The predicted octanol–water partition coefficient (Wildman–Crippen LogP) is 4.98. The fourth-order valence-corrected chi connectivity index (χ4v) is 4.55. The van der Waals surface area contributed by atoms with Crippen molar-refractivity contribution in [2.45, 2.75) is 44.9 Å². The monoisotopic (exact) mass is 401 g/mol. The largest absolute Gasteiger partial charge is 0.325 e. The first-order valence-corrected chi connectivity index (χ1v) is 8.97. The highest BCUT2D eigenvalue weighted by atomic mass is 127. The van der Waals surface area contributed by atoms with Gasteiger partial charge in [-0.2, -0.15) is 0 Å². The summed E-state index contributed by atoms with van der Waals surface area (Å²) in [6.45, 7) is 0. The first-order chi connectivity index (χ1) is 10.1. The highest BCUT2D eigenvalue weighted by Crippen LogP contribution is 2.43. The maximum Gasteiger partial charge on any atom is 0.227 e. The van der Waals surface area contributed by atoms with Crippen LogP contribution >= 0.6 is 22.6 Å². The molecule has 2 fully saturated rings. The summed E-state index contributed by atoms with van der Waals surface area (Å²) in [7, 11) is 0. The molecule has 1 N–H and O–H groups in total. The summed E-state index contributed by atoms with van der Waals surface area (Å²) in [5, 5.41) is 2.99. The van der Waals surface area contributed by atoms with Gasteiger partial charge in [0.25, 0.3) is 0 Å². The fraction of sp³-hybridized carbons (Fsp3) is 0.588. The molecule has 2 aliphatic rings. The first-order valence-electron chi connectivity index (χ1n) is 7.89. The van der Waals surface area contributed by atoms with Gasteiger partial charge in [-0.1, -0.05) is 25.7 Å². The van der Waals surface area contributed by atoms with Crippen molar-refractivity contribution in [1.82, 2.24) is 0 Å². The Morgan fingerprint density at radius 3 is 2.67 bits per heavy atom. The number of hydrogen-bond acceptors (Lipinski definition) is 1. The van der Waals surface area contributed by atoms with Crippen molar-refractivity contribution in [3.8, 4) is 0 Å². The van der Waals surface area contributed by atoms with Crippen molar-refractivity contribution in [3.63, 3.8) is 0 Å². The molecule has 2 saturated carbocycles. The van der Waals surface area contributed by atoms with Crippen LogP contribution in [0.1, 0.15) is 44.9 Å². The molecule has 21 heavy (non-hydrogen) atoms. The molecule has 0 aliphatic heterocycles. The summed E-state index contributed by atoms with van der Waals surface area (Å²) in [6, 6.07) is 4.51. The van der Waals surface area contributed by atoms with E-state index in [1.165, 1.54) is 44.2 Å². The van der Waals surface area contributed by atoms with Gasteiger partial charge >= 0.3 is 0 Å². The van der Waals surface area contributed by atoms with Crippen LogP contribution in [-0.2, 0) is 4.79 Å². The van der Waals surface area contributed by atoms with Crippen LogP contribution < -0.4 is 5.32 Å². The van der Waals surface area contributed by atoms with Crippen LogP contribution in [0.15, 0.2) is 18.2 Å². The first kappa shape index (κ1) is 15.3. The molecule has 1 amide bonds. The number of benzene rings is 1. The molecule has 0 bridgehead atoms. The zero-order valence-corrected chi connectivity index (χ0v) is 14.2. The average molecular weight is 401 g/mol. The third kappa shape index (κ3) is 3.58. The molecule has 3 atom stereocenters. The van der Waals surface area contributed by atoms with Gasteiger partial charge in [0.2, 0.25) is 5.91 Å². The molecule has 2 aliphatic carbocycles. The molecular formula is C17H21FINO. The molecule has 0 spiro atoms. The Morgan fingerprint density at radius 2 is 1.90 bits per heavy atom. The number of rotatable bonds is 2. The van der Waals surface area contributed by atoms with Crippen molar-refractivity contribution in [1.29, 1.82) is 0 Å². The van der Waals surface area contributed by atoms with Crippen LogP contribution in [-0.4, -0.2) is 5.91 Å². The molecule has 0 saturated heterocycles. The molecule has 1 aromatic rings. The van der Waals surface area contributed by atoms with E-state index in [4.69, 9.17) is 0 Å². The summed E-state index contributed by atoms with van der Waals surface area (Å²) < 4.78 is 13.9. The van der Waals surface area contributed by atoms with Crippen molar-refractivity contribution in [2.75, 3.05) is 5.32 Å². The minimum atomic E-state index is -0.264. The normalized spacial score (nSPS) is 28.8. The van der Waals surface area contributed by atoms with Crippen molar-refractivity contribution in [2.24, 2.45) is 17.8 Å². The molecule has 3 unspecified atom stereocenters. The molecule has 1 aromatic carbocycles. The molecule has 0 radical (unpaired) electrons. The molecule has 3 rings (SSSR count). The fourth-order valence-electron chi connectivity index (χ4n) is 3.94. The number of carbonyl (C=O) groups is 1. The van der Waals surface area contributed by atoms with Crippen molar-refractivity contribution < 1.29 is 9.18 Å². The lowest BCUT2D eigenvalue weighted by Crippen LogP contribution is -2.34. The molecule has 114 valence electrons. The van der Waals surface area contributed by atoms with Gasteiger partial charge in [0.05, 0.1) is 5.69 Å². The highest BCUT2D eigenvalue weighted by molar-refractivity contribution is 14.1. The van der Waals surface area contributed by atoms with Gasteiger partial charge in [0.1, 0.15) is 5.82 Å². The minimum absolute atomic E-state index is 0.114. The number of hydrogen-bond donors (Lipinski definition) is 1. The number of anilines is 1. The Hall–Kier alpha value is -0.650. The maximum atomic E-state index is 13.1. The SMILES string of the molecule is O=C(Nc1ccc(F)cc1I)C1CCC2CCCCC2C1. The van der Waals surface area contributed by atoms with E-state index >= 15 is 0 Å². The maximum absolute atomic E-state index is 13.1. The summed E-state index contributed by atoms with van der Waals surface area (Å²) >= 11 is 2.07. The summed E-state index contributed by atoms with van der Waals surface area (Å²) in [6.07, 6.45) is 8.58. The van der Waals surface area contributed by atoms with Crippen LogP contribution in [0, 0.1) is 27.1 Å². The third-order valence-electron chi connectivity index (χ3n) is 5.10. The van der Waals surface area contributed by atoms with Crippen LogP contribution in [0.2, 0.25) is 0 Å². The summed E-state index contributed by atoms with van der Waals surface area (Å²) in [5.41, 5.74) is 0.729. The predicted molar refractivity (Wildman–Crippen MR) is 90.5 cm³/mol. The van der Waals surface area contributed by atoms with Crippen LogP contribution in [0.25, 0.3) is 0 Å². The second-order valence-corrected chi connectivity index (χ2v) is 7.59. The Bertz CT molecular complexity index is 534. The topological polar surface area (TPSA) is 29.1 Å². The Kier molecular flexibility index (Phi) is 4.82. The van der Waals surface area contributed by atoms with E-state index in [0.29, 0.717) is 0 Å². The van der Waals surface area contributed by atoms with Crippen LogP contribution in [0.5, 0.6) is 0 Å². The Labute approximate surface area is 139 Å². The lowest BCUT2D eigenvalue weighted by molar-refractivity contribution is -0.122. The van der Waals surface area contributed by atoms with Crippen molar-refractivity contribution >= 4 is 34.2 Å². The Balaban J connectivity index is 1.63. The smallest absolute Gasteiger partial charge is 0.227 e. The third-order valence-corrected chi connectivity index (χ3v) is 5.99. The summed E-state index contributed by atoms with van der Waals surface area (Å²) in [5.74, 6) is 1.58. The zero-order chi connectivity index (χ0) is 14.8. The second kappa shape index (κ2) is 6.63. The number of fused-ring (bicyclic) bond motifs is 1. The van der Waals surface area contributed by atoms with Gasteiger partial charge in [-0.3, -0.25) is 4.79 Å². The number of carbonyl (C=O) groups excluding carboxylic acids is 1. The van der Waals surface area contributed by atoms with Crippen molar-refractivity contribution in [3.05, 3.63) is 27.6 Å². The molecule has 4 heteroatoms. The van der Waals surface area contributed by atoms with Gasteiger partial charge in [-0.25, -0.2) is 4.39 Å². The molecule has 2 nitrogen and oxygen atoms in total. The van der Waals surface area contributed by atoms with E-state index in [-0.39, 0.29) is 17.6 Å². The van der Waals surface area contributed by atoms with Gasteiger partial charge < -0.3 is 5.32 Å². The molecule has 0 heterocycles. The highest BCUT2D eigenvalue weighted by Gasteiger charge is 2.35. The number of nitrogens with one attached hydrogen (secondary N) is 1.